The molecule has 1 N–H and O–H groups in total. The van der Waals surface area contributed by atoms with Crippen LogP contribution in [0.15, 0.2) is 30.3 Å². The Morgan fingerprint density at radius 1 is 1.23 bits per heavy atom. The van der Waals surface area contributed by atoms with Gasteiger partial charge in [0.2, 0.25) is 0 Å². The lowest BCUT2D eigenvalue weighted by molar-refractivity contribution is 0.146. The molecular formula is C17H19N3O2. The quantitative estimate of drug-likeness (QED) is 0.828. The van der Waals surface area contributed by atoms with Gasteiger partial charge in [-0.2, -0.15) is 5.26 Å². The van der Waals surface area contributed by atoms with E-state index in [0.717, 1.165) is 28.5 Å². The summed E-state index contributed by atoms with van der Waals surface area (Å²) in [6.07, 6.45) is 0. The summed E-state index contributed by atoms with van der Waals surface area (Å²) in [6.45, 7) is 4.78. The lowest BCUT2D eigenvalue weighted by Gasteiger charge is -2.12. The highest BCUT2D eigenvalue weighted by atomic mass is 16.5. The lowest BCUT2D eigenvalue weighted by atomic mass is 10.1. The Morgan fingerprint density at radius 2 is 2.05 bits per heavy atom. The highest BCUT2D eigenvalue weighted by Gasteiger charge is 2.08. The second-order valence-corrected chi connectivity index (χ2v) is 4.88. The molecule has 5 heteroatoms. The van der Waals surface area contributed by atoms with E-state index in [2.05, 4.69) is 16.4 Å². The minimum absolute atomic E-state index is 0.497. The fraction of sp³-hybridized carbons (Fsp3) is 0.294. The molecule has 0 bridgehead atoms. The lowest BCUT2D eigenvalue weighted by Crippen LogP contribution is -2.04. The summed E-state index contributed by atoms with van der Waals surface area (Å²) in [5, 5.41) is 12.6. The van der Waals surface area contributed by atoms with E-state index in [-0.39, 0.29) is 0 Å². The van der Waals surface area contributed by atoms with Crippen molar-refractivity contribution in [1.29, 1.82) is 5.26 Å². The molecule has 0 aliphatic heterocycles. The molecule has 1 aromatic heterocycles. The average Bonchev–Trinajstić information content (AvgIpc) is 2.47. The Morgan fingerprint density at radius 3 is 2.77 bits per heavy atom. The molecule has 0 aliphatic rings. The van der Waals surface area contributed by atoms with E-state index in [1.165, 1.54) is 0 Å². The average molecular weight is 297 g/mol. The van der Waals surface area contributed by atoms with E-state index in [1.807, 2.05) is 44.2 Å². The van der Waals surface area contributed by atoms with Crippen LogP contribution in [0, 0.1) is 25.2 Å². The summed E-state index contributed by atoms with van der Waals surface area (Å²) in [7, 11) is 1.64. The number of ether oxygens (including phenoxy) is 2. The van der Waals surface area contributed by atoms with Gasteiger partial charge in [0.05, 0.1) is 23.6 Å². The standard InChI is InChI=1S/C17H19N3O2/c1-12-9-17(16(11-18)13(2)19-12)20-14-5-4-6-15(10-14)22-8-7-21-3/h4-6,9-10H,7-8H2,1-3H3,(H,19,20). The minimum Gasteiger partial charge on any atom is -0.491 e. The monoisotopic (exact) mass is 297 g/mol. The zero-order valence-electron chi connectivity index (χ0n) is 13.0. The summed E-state index contributed by atoms with van der Waals surface area (Å²) in [4.78, 5) is 4.31. The molecule has 0 amide bonds. The topological polar surface area (TPSA) is 67.2 Å². The zero-order chi connectivity index (χ0) is 15.9. The number of methoxy groups -OCH3 is 1. The maximum Gasteiger partial charge on any atom is 0.121 e. The molecule has 0 radical (unpaired) electrons. The van der Waals surface area contributed by atoms with Gasteiger partial charge in [-0.15, -0.1) is 0 Å². The molecule has 5 nitrogen and oxygen atoms in total. The van der Waals surface area contributed by atoms with Crippen molar-refractivity contribution >= 4 is 11.4 Å². The number of rotatable bonds is 6. The number of nitrogens with zero attached hydrogens (tertiary/aromatic N) is 2. The van der Waals surface area contributed by atoms with E-state index in [1.54, 1.807) is 7.11 Å². The molecule has 0 atom stereocenters. The fourth-order valence-corrected chi connectivity index (χ4v) is 2.13. The van der Waals surface area contributed by atoms with Gasteiger partial charge < -0.3 is 14.8 Å². The number of benzene rings is 1. The highest BCUT2D eigenvalue weighted by molar-refractivity contribution is 5.68. The molecule has 1 heterocycles. The summed E-state index contributed by atoms with van der Waals surface area (Å²) in [5.41, 5.74) is 3.75. The number of pyridine rings is 1. The molecule has 0 saturated heterocycles. The molecule has 22 heavy (non-hydrogen) atoms. The summed E-state index contributed by atoms with van der Waals surface area (Å²) >= 11 is 0. The van der Waals surface area contributed by atoms with Gasteiger partial charge in [-0.05, 0) is 32.0 Å². The summed E-state index contributed by atoms with van der Waals surface area (Å²) < 4.78 is 10.5. The third-order valence-electron chi connectivity index (χ3n) is 3.11. The van der Waals surface area contributed by atoms with Gasteiger partial charge in [0.1, 0.15) is 18.4 Å². The maximum atomic E-state index is 9.30. The Labute approximate surface area is 130 Å². The Balaban J connectivity index is 2.21. The number of aromatic nitrogens is 1. The van der Waals surface area contributed by atoms with Gasteiger partial charge in [0, 0.05) is 24.6 Å². The maximum absolute atomic E-state index is 9.30. The summed E-state index contributed by atoms with van der Waals surface area (Å²) in [6, 6.07) is 11.7. The van der Waals surface area contributed by atoms with Crippen molar-refractivity contribution in [3.63, 3.8) is 0 Å². The third-order valence-corrected chi connectivity index (χ3v) is 3.11. The molecule has 0 fully saturated rings. The van der Waals surface area contributed by atoms with Crippen molar-refractivity contribution in [1.82, 2.24) is 4.98 Å². The number of nitrogens with one attached hydrogen (secondary N) is 1. The molecule has 114 valence electrons. The third kappa shape index (κ3) is 3.96. The molecule has 0 aliphatic carbocycles. The summed E-state index contributed by atoms with van der Waals surface area (Å²) in [5.74, 6) is 0.753. The number of nitriles is 1. The first-order chi connectivity index (χ1) is 10.6. The first kappa shape index (κ1) is 15.8. The van der Waals surface area contributed by atoms with Crippen LogP contribution < -0.4 is 10.1 Å². The molecule has 2 rings (SSSR count). The number of aryl methyl sites for hydroxylation is 2. The van der Waals surface area contributed by atoms with Gasteiger partial charge in [0.15, 0.2) is 0 Å². The second-order valence-electron chi connectivity index (χ2n) is 4.88. The Kier molecular flexibility index (Phi) is 5.34. The molecular weight excluding hydrogens is 278 g/mol. The van der Waals surface area contributed by atoms with Crippen LogP contribution in [-0.4, -0.2) is 25.3 Å². The molecule has 0 saturated carbocycles. The van der Waals surface area contributed by atoms with Crippen LogP contribution in [0.5, 0.6) is 5.75 Å². The van der Waals surface area contributed by atoms with Crippen LogP contribution in [0.1, 0.15) is 17.0 Å². The van der Waals surface area contributed by atoms with Gasteiger partial charge in [-0.3, -0.25) is 4.98 Å². The van der Waals surface area contributed by atoms with Crippen LogP contribution in [0.2, 0.25) is 0 Å². The highest BCUT2D eigenvalue weighted by Crippen LogP contribution is 2.25. The number of hydrogen-bond donors (Lipinski definition) is 1. The van der Waals surface area contributed by atoms with E-state index in [4.69, 9.17) is 9.47 Å². The van der Waals surface area contributed by atoms with Crippen LogP contribution in [0.25, 0.3) is 0 Å². The van der Waals surface area contributed by atoms with Crippen LogP contribution in [0.4, 0.5) is 11.4 Å². The van der Waals surface area contributed by atoms with Crippen molar-refractivity contribution in [3.8, 4) is 11.8 Å². The van der Waals surface area contributed by atoms with E-state index in [0.29, 0.717) is 18.8 Å². The van der Waals surface area contributed by atoms with E-state index in [9.17, 15) is 5.26 Å². The van der Waals surface area contributed by atoms with Crippen LogP contribution in [0.3, 0.4) is 0 Å². The van der Waals surface area contributed by atoms with Crippen LogP contribution >= 0.6 is 0 Å². The van der Waals surface area contributed by atoms with Crippen molar-refractivity contribution in [2.45, 2.75) is 13.8 Å². The van der Waals surface area contributed by atoms with E-state index >= 15 is 0 Å². The smallest absolute Gasteiger partial charge is 0.121 e. The molecule has 0 spiro atoms. The van der Waals surface area contributed by atoms with Crippen molar-refractivity contribution in [3.05, 3.63) is 47.3 Å². The number of anilines is 2. The Bertz CT molecular complexity index is 693. The first-order valence-electron chi connectivity index (χ1n) is 7.01. The number of hydrogen-bond acceptors (Lipinski definition) is 5. The fourth-order valence-electron chi connectivity index (χ4n) is 2.13. The van der Waals surface area contributed by atoms with Crippen molar-refractivity contribution < 1.29 is 9.47 Å². The van der Waals surface area contributed by atoms with Crippen molar-refractivity contribution in [2.75, 3.05) is 25.6 Å². The van der Waals surface area contributed by atoms with Gasteiger partial charge >= 0.3 is 0 Å². The second kappa shape index (κ2) is 7.43. The van der Waals surface area contributed by atoms with Gasteiger partial charge in [-0.25, -0.2) is 0 Å². The largest absolute Gasteiger partial charge is 0.491 e. The van der Waals surface area contributed by atoms with Gasteiger partial charge in [-0.1, -0.05) is 6.07 Å². The Hall–Kier alpha value is -2.58. The molecule has 2 aromatic rings. The van der Waals surface area contributed by atoms with E-state index < -0.39 is 0 Å². The normalized spacial score (nSPS) is 10.1. The SMILES string of the molecule is COCCOc1cccc(Nc2cc(C)nc(C)c2C#N)c1. The van der Waals surface area contributed by atoms with Crippen LogP contribution in [-0.2, 0) is 4.74 Å². The molecule has 1 aromatic carbocycles. The first-order valence-corrected chi connectivity index (χ1v) is 7.01. The zero-order valence-corrected chi connectivity index (χ0v) is 13.0. The predicted molar refractivity (Wildman–Crippen MR) is 85.5 cm³/mol. The van der Waals surface area contributed by atoms with Crippen molar-refractivity contribution in [2.24, 2.45) is 0 Å². The van der Waals surface area contributed by atoms with Gasteiger partial charge in [0.25, 0.3) is 0 Å². The molecule has 0 unspecified atom stereocenters. The predicted octanol–water partition coefficient (Wildman–Crippen LogP) is 3.34. The minimum atomic E-state index is 0.497.